The SMILES string of the molecule is Cc1cc(CNc2ccc(C(F)(F)F)nc2)cc(C)c1O. The largest absolute Gasteiger partial charge is 0.507 e. The molecule has 1 heterocycles. The van der Waals surface area contributed by atoms with Crippen LogP contribution in [0.3, 0.4) is 0 Å². The fourth-order valence-electron chi connectivity index (χ4n) is 2.02. The van der Waals surface area contributed by atoms with Crippen molar-refractivity contribution in [1.29, 1.82) is 0 Å². The molecule has 112 valence electrons. The molecule has 0 saturated heterocycles. The summed E-state index contributed by atoms with van der Waals surface area (Å²) in [5, 5.41) is 12.7. The number of benzene rings is 1. The Balaban J connectivity index is 2.07. The van der Waals surface area contributed by atoms with E-state index in [-0.39, 0.29) is 5.75 Å². The molecule has 0 aliphatic rings. The number of aromatic hydroxyl groups is 1. The standard InChI is InChI=1S/C15H15F3N2O/c1-9-5-11(6-10(2)14(9)21)7-19-12-3-4-13(20-8-12)15(16,17)18/h3-6,8,19,21H,7H2,1-2H3. The molecule has 0 fully saturated rings. The Bertz CT molecular complexity index is 613. The minimum atomic E-state index is -4.43. The van der Waals surface area contributed by atoms with Crippen LogP contribution in [0.25, 0.3) is 0 Å². The highest BCUT2D eigenvalue weighted by atomic mass is 19.4. The zero-order chi connectivity index (χ0) is 15.6. The fourth-order valence-corrected chi connectivity index (χ4v) is 2.02. The highest BCUT2D eigenvalue weighted by Gasteiger charge is 2.31. The van der Waals surface area contributed by atoms with E-state index in [1.807, 2.05) is 12.1 Å². The van der Waals surface area contributed by atoms with Crippen LogP contribution in [0.2, 0.25) is 0 Å². The summed E-state index contributed by atoms with van der Waals surface area (Å²) in [6.45, 7) is 4.03. The summed E-state index contributed by atoms with van der Waals surface area (Å²) in [7, 11) is 0. The van der Waals surface area contributed by atoms with Gasteiger partial charge < -0.3 is 10.4 Å². The first-order valence-corrected chi connectivity index (χ1v) is 6.33. The number of phenolic OH excluding ortho intramolecular Hbond substituents is 1. The molecule has 0 radical (unpaired) electrons. The molecule has 1 aromatic heterocycles. The van der Waals surface area contributed by atoms with Gasteiger partial charge in [-0.05, 0) is 42.7 Å². The van der Waals surface area contributed by atoms with Gasteiger partial charge in [0.1, 0.15) is 11.4 Å². The second kappa shape index (κ2) is 5.63. The molecule has 0 saturated carbocycles. The number of hydrogen-bond donors (Lipinski definition) is 2. The predicted octanol–water partition coefficient (Wildman–Crippen LogP) is 4.03. The van der Waals surface area contributed by atoms with E-state index in [0.717, 1.165) is 29.0 Å². The first kappa shape index (κ1) is 15.2. The summed E-state index contributed by atoms with van der Waals surface area (Å²) < 4.78 is 37.2. The molecule has 0 bridgehead atoms. The number of phenols is 1. The quantitative estimate of drug-likeness (QED) is 0.898. The predicted molar refractivity (Wildman–Crippen MR) is 74.1 cm³/mol. The van der Waals surface area contributed by atoms with Crippen molar-refractivity contribution in [2.24, 2.45) is 0 Å². The van der Waals surface area contributed by atoms with Crippen LogP contribution in [0, 0.1) is 13.8 Å². The van der Waals surface area contributed by atoms with E-state index >= 15 is 0 Å². The summed E-state index contributed by atoms with van der Waals surface area (Å²) in [5.41, 5.74) is 2.05. The van der Waals surface area contributed by atoms with Gasteiger partial charge in [-0.2, -0.15) is 13.2 Å². The van der Waals surface area contributed by atoms with Gasteiger partial charge in [0.25, 0.3) is 0 Å². The number of alkyl halides is 3. The molecule has 6 heteroatoms. The molecule has 2 N–H and O–H groups in total. The fraction of sp³-hybridized carbons (Fsp3) is 0.267. The van der Waals surface area contributed by atoms with Crippen LogP contribution in [0.15, 0.2) is 30.5 Å². The zero-order valence-electron chi connectivity index (χ0n) is 11.6. The van der Waals surface area contributed by atoms with Crippen molar-refractivity contribution in [1.82, 2.24) is 4.98 Å². The third kappa shape index (κ3) is 3.65. The Labute approximate surface area is 120 Å². The van der Waals surface area contributed by atoms with Crippen LogP contribution in [0.4, 0.5) is 18.9 Å². The van der Waals surface area contributed by atoms with Gasteiger partial charge in [0.05, 0.1) is 11.9 Å². The van der Waals surface area contributed by atoms with E-state index in [1.165, 1.54) is 6.07 Å². The van der Waals surface area contributed by atoms with Gasteiger partial charge in [-0.3, -0.25) is 0 Å². The number of aromatic nitrogens is 1. The van der Waals surface area contributed by atoms with Crippen molar-refractivity contribution in [3.63, 3.8) is 0 Å². The Morgan fingerprint density at radius 1 is 1.14 bits per heavy atom. The number of pyridine rings is 1. The van der Waals surface area contributed by atoms with E-state index in [0.29, 0.717) is 12.2 Å². The lowest BCUT2D eigenvalue weighted by atomic mass is 10.1. The van der Waals surface area contributed by atoms with Crippen LogP contribution < -0.4 is 5.32 Å². The molecule has 0 aliphatic carbocycles. The van der Waals surface area contributed by atoms with Crippen molar-refractivity contribution < 1.29 is 18.3 Å². The van der Waals surface area contributed by atoms with Gasteiger partial charge in [-0.15, -0.1) is 0 Å². The van der Waals surface area contributed by atoms with Crippen molar-refractivity contribution in [3.05, 3.63) is 52.8 Å². The van der Waals surface area contributed by atoms with Crippen LogP contribution >= 0.6 is 0 Å². The highest BCUT2D eigenvalue weighted by molar-refractivity contribution is 5.45. The van der Waals surface area contributed by atoms with E-state index in [9.17, 15) is 18.3 Å². The van der Waals surface area contributed by atoms with Crippen LogP contribution in [0.5, 0.6) is 5.75 Å². The summed E-state index contributed by atoms with van der Waals surface area (Å²) in [4.78, 5) is 3.38. The van der Waals surface area contributed by atoms with Gasteiger partial charge in [-0.1, -0.05) is 12.1 Å². The average molecular weight is 296 g/mol. The Morgan fingerprint density at radius 2 is 1.76 bits per heavy atom. The topological polar surface area (TPSA) is 45.2 Å². The zero-order valence-corrected chi connectivity index (χ0v) is 11.6. The minimum Gasteiger partial charge on any atom is -0.507 e. The Kier molecular flexibility index (Phi) is 4.06. The summed E-state index contributed by atoms with van der Waals surface area (Å²) in [6, 6.07) is 5.94. The van der Waals surface area contributed by atoms with E-state index < -0.39 is 11.9 Å². The maximum Gasteiger partial charge on any atom is 0.433 e. The van der Waals surface area contributed by atoms with Gasteiger partial charge in [0, 0.05) is 6.54 Å². The Morgan fingerprint density at radius 3 is 2.24 bits per heavy atom. The smallest absolute Gasteiger partial charge is 0.433 e. The van der Waals surface area contributed by atoms with E-state index in [2.05, 4.69) is 10.3 Å². The number of rotatable bonds is 3. The first-order chi connectivity index (χ1) is 9.77. The first-order valence-electron chi connectivity index (χ1n) is 6.33. The van der Waals surface area contributed by atoms with Crippen molar-refractivity contribution in [3.8, 4) is 5.75 Å². The molecule has 21 heavy (non-hydrogen) atoms. The summed E-state index contributed by atoms with van der Waals surface area (Å²) in [5.74, 6) is 0.259. The summed E-state index contributed by atoms with van der Waals surface area (Å²) >= 11 is 0. The molecule has 2 aromatic rings. The molecule has 0 amide bonds. The number of halogens is 3. The molecule has 0 atom stereocenters. The molecule has 0 aliphatic heterocycles. The van der Waals surface area contributed by atoms with E-state index in [4.69, 9.17) is 0 Å². The maximum absolute atomic E-state index is 12.4. The lowest BCUT2D eigenvalue weighted by Gasteiger charge is -2.11. The molecule has 2 rings (SSSR count). The number of anilines is 1. The van der Waals surface area contributed by atoms with Crippen LogP contribution in [-0.4, -0.2) is 10.1 Å². The second-order valence-corrected chi connectivity index (χ2v) is 4.86. The van der Waals surface area contributed by atoms with Crippen molar-refractivity contribution in [2.45, 2.75) is 26.6 Å². The van der Waals surface area contributed by atoms with E-state index in [1.54, 1.807) is 13.8 Å². The lowest BCUT2D eigenvalue weighted by Crippen LogP contribution is -2.08. The molecular weight excluding hydrogens is 281 g/mol. The third-order valence-corrected chi connectivity index (χ3v) is 3.10. The average Bonchev–Trinajstić information content (AvgIpc) is 2.42. The molecule has 0 spiro atoms. The number of aryl methyl sites for hydroxylation is 2. The Hall–Kier alpha value is -2.24. The van der Waals surface area contributed by atoms with Crippen molar-refractivity contribution in [2.75, 3.05) is 5.32 Å². The van der Waals surface area contributed by atoms with Gasteiger partial charge in [-0.25, -0.2) is 4.98 Å². The minimum absolute atomic E-state index is 0.259. The van der Waals surface area contributed by atoms with Crippen LogP contribution in [0.1, 0.15) is 22.4 Å². The van der Waals surface area contributed by atoms with Crippen LogP contribution in [-0.2, 0) is 12.7 Å². The lowest BCUT2D eigenvalue weighted by molar-refractivity contribution is -0.141. The van der Waals surface area contributed by atoms with Gasteiger partial charge in [0.2, 0.25) is 0 Å². The molecule has 3 nitrogen and oxygen atoms in total. The molecular formula is C15H15F3N2O. The highest BCUT2D eigenvalue weighted by Crippen LogP contribution is 2.28. The number of nitrogens with one attached hydrogen (secondary N) is 1. The van der Waals surface area contributed by atoms with Gasteiger partial charge in [0.15, 0.2) is 0 Å². The second-order valence-electron chi connectivity index (χ2n) is 4.86. The number of hydrogen-bond acceptors (Lipinski definition) is 3. The molecule has 1 aromatic carbocycles. The van der Waals surface area contributed by atoms with Gasteiger partial charge >= 0.3 is 6.18 Å². The number of nitrogens with zero attached hydrogens (tertiary/aromatic N) is 1. The van der Waals surface area contributed by atoms with Crippen molar-refractivity contribution >= 4 is 5.69 Å². The molecule has 0 unspecified atom stereocenters. The normalized spacial score (nSPS) is 11.5. The monoisotopic (exact) mass is 296 g/mol. The third-order valence-electron chi connectivity index (χ3n) is 3.10. The summed E-state index contributed by atoms with van der Waals surface area (Å²) in [6.07, 6.45) is -3.27. The maximum atomic E-state index is 12.4.